The zero-order chi connectivity index (χ0) is 18.6. The molecule has 0 radical (unpaired) electrons. The van der Waals surface area contributed by atoms with E-state index in [2.05, 4.69) is 83.0 Å². The molecule has 1 saturated carbocycles. The lowest BCUT2D eigenvalue weighted by Crippen LogP contribution is -3.00. The third kappa shape index (κ3) is 4.20. The van der Waals surface area contributed by atoms with Crippen LogP contribution >= 0.6 is 11.8 Å². The third-order valence-electron chi connectivity index (χ3n) is 5.40. The third-order valence-corrected chi connectivity index (χ3v) is 6.18. The fourth-order valence-electron chi connectivity index (χ4n) is 4.21. The van der Waals surface area contributed by atoms with Gasteiger partial charge in [0, 0.05) is 0 Å². The van der Waals surface area contributed by atoms with Crippen LogP contribution in [0.2, 0.25) is 0 Å². The molecule has 2 aromatic rings. The quantitative estimate of drug-likeness (QED) is 0.386. The molecule has 0 bridgehead atoms. The number of fused-ring (bicyclic) bond motifs is 1. The number of amidine groups is 1. The summed E-state index contributed by atoms with van der Waals surface area (Å²) >= 11 is 1.72. The second-order valence-electron chi connectivity index (χ2n) is 7.02. The summed E-state index contributed by atoms with van der Waals surface area (Å²) in [7, 11) is 1.98. The second kappa shape index (κ2) is 9.74. The first-order valence-corrected chi connectivity index (χ1v) is 10.8. The average molecular weight is 503 g/mol. The maximum absolute atomic E-state index is 5.15. The Morgan fingerprint density at radius 3 is 2.43 bits per heavy atom. The summed E-state index contributed by atoms with van der Waals surface area (Å²) in [6, 6.07) is 21.7. The number of hydrazone groups is 1. The van der Waals surface area contributed by atoms with Gasteiger partial charge < -0.3 is 24.0 Å². The fourth-order valence-corrected chi connectivity index (χ4v) is 4.76. The Bertz CT molecular complexity index is 885. The van der Waals surface area contributed by atoms with Crippen molar-refractivity contribution in [2.75, 3.05) is 13.3 Å². The van der Waals surface area contributed by atoms with E-state index in [4.69, 9.17) is 5.10 Å². The van der Waals surface area contributed by atoms with Crippen molar-refractivity contribution in [1.29, 1.82) is 0 Å². The maximum Gasteiger partial charge on any atom is 0.331 e. The summed E-state index contributed by atoms with van der Waals surface area (Å²) in [5.41, 5.74) is 5.25. The van der Waals surface area contributed by atoms with Crippen LogP contribution in [0.4, 0.5) is 0 Å². The molecule has 1 fully saturated rings. The highest BCUT2D eigenvalue weighted by Gasteiger charge is 2.44. The number of allylic oxidation sites excluding steroid dienone is 1. The molecule has 4 rings (SSSR count). The van der Waals surface area contributed by atoms with Gasteiger partial charge >= 0.3 is 5.17 Å². The second-order valence-corrected chi connectivity index (χ2v) is 7.82. The van der Waals surface area contributed by atoms with E-state index in [1.54, 1.807) is 11.8 Å². The first kappa shape index (κ1) is 21.1. The van der Waals surface area contributed by atoms with Gasteiger partial charge in [-0.15, -0.1) is 4.68 Å². The van der Waals surface area contributed by atoms with Crippen molar-refractivity contribution >= 4 is 28.7 Å². The SMILES string of the molecule is CN\C(SC)=[N+]1/N=C2/C(=C/c3ccccc3)CCC[C@H]2[C@H]1c1ccccc1.[I-]. The number of benzene rings is 2. The highest BCUT2D eigenvalue weighted by Crippen LogP contribution is 2.42. The Morgan fingerprint density at radius 2 is 1.79 bits per heavy atom. The Kier molecular flexibility index (Phi) is 7.35. The molecule has 146 valence electrons. The molecule has 0 unspecified atom stereocenters. The van der Waals surface area contributed by atoms with Crippen molar-refractivity contribution in [3.8, 4) is 0 Å². The van der Waals surface area contributed by atoms with Crippen LogP contribution in [-0.2, 0) is 0 Å². The minimum atomic E-state index is 0. The summed E-state index contributed by atoms with van der Waals surface area (Å²) in [6.45, 7) is 0. The van der Waals surface area contributed by atoms with Crippen LogP contribution in [0.25, 0.3) is 6.08 Å². The van der Waals surface area contributed by atoms with Gasteiger partial charge in [-0.25, -0.2) is 0 Å². The van der Waals surface area contributed by atoms with Crippen LogP contribution in [-0.4, -0.2) is 28.9 Å². The molecule has 3 nitrogen and oxygen atoms in total. The zero-order valence-electron chi connectivity index (χ0n) is 16.3. The van der Waals surface area contributed by atoms with Gasteiger partial charge in [0.15, 0.2) is 6.04 Å². The first-order chi connectivity index (χ1) is 13.3. The molecule has 2 aliphatic rings. The van der Waals surface area contributed by atoms with Gasteiger partial charge in [0.1, 0.15) is 0 Å². The van der Waals surface area contributed by atoms with Crippen molar-refractivity contribution in [3.05, 3.63) is 77.4 Å². The number of thioether (sulfide) groups is 1. The van der Waals surface area contributed by atoms with Crippen molar-refractivity contribution in [3.63, 3.8) is 0 Å². The molecule has 0 aromatic heterocycles. The van der Waals surface area contributed by atoms with Crippen LogP contribution in [0.5, 0.6) is 0 Å². The maximum atomic E-state index is 5.15. The van der Waals surface area contributed by atoms with Gasteiger partial charge in [-0.05, 0) is 60.1 Å². The highest BCUT2D eigenvalue weighted by atomic mass is 127. The van der Waals surface area contributed by atoms with E-state index in [-0.39, 0.29) is 30.0 Å². The fraction of sp³-hybridized carbons (Fsp3) is 0.304. The van der Waals surface area contributed by atoms with Crippen LogP contribution in [0, 0.1) is 5.92 Å². The average Bonchev–Trinajstić information content (AvgIpc) is 3.11. The Hall–Kier alpha value is -1.60. The van der Waals surface area contributed by atoms with Crippen LogP contribution in [0.15, 0.2) is 71.3 Å². The summed E-state index contributed by atoms with van der Waals surface area (Å²) in [5.74, 6) is 0.437. The highest BCUT2D eigenvalue weighted by molar-refractivity contribution is 8.13. The molecular weight excluding hydrogens is 477 g/mol. The largest absolute Gasteiger partial charge is 1.00 e. The molecule has 1 heterocycles. The zero-order valence-corrected chi connectivity index (χ0v) is 19.3. The molecule has 1 aliphatic carbocycles. The molecular formula is C23H26IN3S. The van der Waals surface area contributed by atoms with Gasteiger partial charge in [0.25, 0.3) is 0 Å². The minimum absolute atomic E-state index is 0. The Morgan fingerprint density at radius 1 is 1.11 bits per heavy atom. The van der Waals surface area contributed by atoms with Gasteiger partial charge in [-0.3, -0.25) is 5.32 Å². The summed E-state index contributed by atoms with van der Waals surface area (Å²) < 4.78 is 2.21. The monoisotopic (exact) mass is 503 g/mol. The van der Waals surface area contributed by atoms with Gasteiger partial charge in [-0.1, -0.05) is 65.8 Å². The van der Waals surface area contributed by atoms with E-state index < -0.39 is 0 Å². The van der Waals surface area contributed by atoms with Gasteiger partial charge in [-0.2, -0.15) is 0 Å². The lowest BCUT2D eigenvalue weighted by molar-refractivity contribution is -0.572. The van der Waals surface area contributed by atoms with Crippen molar-refractivity contribution in [2.24, 2.45) is 11.0 Å². The normalized spacial score (nSPS) is 24.2. The van der Waals surface area contributed by atoms with Crippen LogP contribution in [0.3, 0.4) is 0 Å². The van der Waals surface area contributed by atoms with Crippen LogP contribution < -0.4 is 29.3 Å². The van der Waals surface area contributed by atoms with Crippen molar-refractivity contribution in [2.45, 2.75) is 25.3 Å². The molecule has 28 heavy (non-hydrogen) atoms. The number of halogens is 1. The minimum Gasteiger partial charge on any atom is -1.00 e. The van der Waals surface area contributed by atoms with Gasteiger partial charge in [0.2, 0.25) is 0 Å². The predicted octanol–water partition coefficient (Wildman–Crippen LogP) is 1.94. The van der Waals surface area contributed by atoms with Crippen molar-refractivity contribution in [1.82, 2.24) is 5.32 Å². The summed E-state index contributed by atoms with van der Waals surface area (Å²) in [6.07, 6.45) is 7.94. The number of nitrogens with one attached hydrogen (secondary N) is 1. The van der Waals surface area contributed by atoms with E-state index >= 15 is 0 Å². The molecule has 1 aliphatic heterocycles. The molecule has 5 heteroatoms. The molecule has 0 saturated heterocycles. The lowest BCUT2D eigenvalue weighted by atomic mass is 9.78. The van der Waals surface area contributed by atoms with Gasteiger partial charge in [0.05, 0.1) is 18.7 Å². The number of rotatable bonds is 2. The van der Waals surface area contributed by atoms with E-state index in [1.165, 1.54) is 35.3 Å². The Labute approximate surface area is 189 Å². The predicted molar refractivity (Wildman–Crippen MR) is 116 cm³/mol. The molecule has 0 spiro atoms. The van der Waals surface area contributed by atoms with E-state index in [0.717, 1.165) is 11.6 Å². The van der Waals surface area contributed by atoms with Crippen LogP contribution in [0.1, 0.15) is 36.4 Å². The van der Waals surface area contributed by atoms with E-state index in [0.29, 0.717) is 5.92 Å². The summed E-state index contributed by atoms with van der Waals surface area (Å²) in [4.78, 5) is 0. The molecule has 0 amide bonds. The number of hydrogen-bond donors (Lipinski definition) is 1. The van der Waals surface area contributed by atoms with E-state index in [9.17, 15) is 0 Å². The lowest BCUT2D eigenvalue weighted by Gasteiger charge is -2.24. The standard InChI is InChI=1S/C23H25N3S.HI/c1-24-23(27-2)26-22(18-12-7-4-8-13-18)20-15-9-14-19(21(20)25-26)16-17-10-5-3-6-11-17;/h3-8,10-13,16,20,22H,9,14-15H2,1-2H3;1H/b19-16+;/t20-,22-;/m1./s1. The number of nitrogens with zero attached hydrogens (tertiary/aromatic N) is 2. The smallest absolute Gasteiger partial charge is 0.331 e. The molecule has 2 aromatic carbocycles. The molecule has 1 N–H and O–H groups in total. The first-order valence-electron chi connectivity index (χ1n) is 9.59. The Balaban J connectivity index is 0.00000225. The number of hydrogen-bond acceptors (Lipinski definition) is 2. The summed E-state index contributed by atoms with van der Waals surface area (Å²) in [5, 5.41) is 9.60. The van der Waals surface area contributed by atoms with Crippen molar-refractivity contribution < 1.29 is 28.7 Å². The molecule has 2 atom stereocenters. The topological polar surface area (TPSA) is 27.4 Å². The van der Waals surface area contributed by atoms with E-state index in [1.807, 2.05) is 7.05 Å².